The first-order valence-electron chi connectivity index (χ1n) is 8.54. The minimum absolute atomic E-state index is 0.218. The summed E-state index contributed by atoms with van der Waals surface area (Å²) >= 11 is 0. The fourth-order valence-electron chi connectivity index (χ4n) is 3.70. The Bertz CT molecular complexity index is 603. The van der Waals surface area contributed by atoms with Gasteiger partial charge in [0.1, 0.15) is 19.0 Å². The fraction of sp³-hybridized carbons (Fsp3) is 0.611. The lowest BCUT2D eigenvalue weighted by atomic mass is 9.92. The van der Waals surface area contributed by atoms with Crippen molar-refractivity contribution in [1.82, 2.24) is 4.90 Å². The summed E-state index contributed by atoms with van der Waals surface area (Å²) in [7, 11) is 1.64. The molecule has 132 valence electrons. The van der Waals surface area contributed by atoms with Crippen molar-refractivity contribution in [3.63, 3.8) is 0 Å². The lowest BCUT2D eigenvalue weighted by Crippen LogP contribution is -2.24. The van der Waals surface area contributed by atoms with Gasteiger partial charge in [-0.15, -0.1) is 0 Å². The van der Waals surface area contributed by atoms with Crippen LogP contribution in [0.5, 0.6) is 17.2 Å². The monoisotopic (exact) mass is 335 g/mol. The van der Waals surface area contributed by atoms with Crippen molar-refractivity contribution in [2.24, 2.45) is 11.8 Å². The van der Waals surface area contributed by atoms with Gasteiger partial charge in [-0.2, -0.15) is 0 Å². The summed E-state index contributed by atoms with van der Waals surface area (Å²) in [6.07, 6.45) is 1.96. The van der Waals surface area contributed by atoms with Crippen molar-refractivity contribution in [2.75, 3.05) is 33.4 Å². The zero-order valence-corrected chi connectivity index (χ0v) is 14.3. The first-order chi connectivity index (χ1) is 11.6. The highest BCUT2D eigenvalue weighted by Crippen LogP contribution is 2.38. The summed E-state index contributed by atoms with van der Waals surface area (Å²) < 4.78 is 16.7. The van der Waals surface area contributed by atoms with Gasteiger partial charge in [-0.1, -0.05) is 13.3 Å². The number of carboxylic acids is 1. The predicted octanol–water partition coefficient (Wildman–Crippen LogP) is 2.40. The Hall–Kier alpha value is -1.95. The number of hydrogen-bond acceptors (Lipinski definition) is 5. The van der Waals surface area contributed by atoms with Crippen LogP contribution in [0.25, 0.3) is 0 Å². The van der Waals surface area contributed by atoms with E-state index in [1.165, 1.54) is 0 Å². The Labute approximate surface area is 142 Å². The minimum Gasteiger partial charge on any atom is -0.496 e. The third-order valence-electron chi connectivity index (χ3n) is 4.83. The average molecular weight is 335 g/mol. The Morgan fingerprint density at radius 1 is 1.29 bits per heavy atom. The molecule has 0 unspecified atom stereocenters. The lowest BCUT2D eigenvalue weighted by Gasteiger charge is -2.23. The van der Waals surface area contributed by atoms with Crippen LogP contribution in [0.3, 0.4) is 0 Å². The van der Waals surface area contributed by atoms with Crippen LogP contribution in [0, 0.1) is 11.8 Å². The van der Waals surface area contributed by atoms with Gasteiger partial charge in [-0.25, -0.2) is 0 Å². The van der Waals surface area contributed by atoms with E-state index in [0.29, 0.717) is 32.1 Å². The maximum atomic E-state index is 11.5. The molecule has 0 amide bonds. The third-order valence-corrected chi connectivity index (χ3v) is 4.83. The third kappa shape index (κ3) is 3.43. The van der Waals surface area contributed by atoms with Crippen LogP contribution in [0.4, 0.5) is 0 Å². The molecule has 2 aliphatic heterocycles. The number of carboxylic acid groups (broad SMARTS) is 1. The summed E-state index contributed by atoms with van der Waals surface area (Å²) in [6, 6.07) is 3.81. The molecular formula is C18H25NO5. The molecule has 1 N–H and O–H groups in total. The zero-order valence-electron chi connectivity index (χ0n) is 14.3. The van der Waals surface area contributed by atoms with Crippen LogP contribution < -0.4 is 14.2 Å². The maximum Gasteiger partial charge on any atom is 0.308 e. The average Bonchev–Trinajstić information content (AvgIpc) is 2.97. The largest absolute Gasteiger partial charge is 0.496 e. The molecular weight excluding hydrogens is 310 g/mol. The van der Waals surface area contributed by atoms with E-state index in [9.17, 15) is 9.90 Å². The normalized spacial score (nSPS) is 23.2. The van der Waals surface area contributed by atoms with Crippen molar-refractivity contribution in [3.8, 4) is 17.2 Å². The van der Waals surface area contributed by atoms with Crippen molar-refractivity contribution < 1.29 is 24.1 Å². The van der Waals surface area contributed by atoms with E-state index in [-0.39, 0.29) is 11.8 Å². The number of fused-ring (bicyclic) bond motifs is 1. The molecule has 2 atom stereocenters. The van der Waals surface area contributed by atoms with Crippen molar-refractivity contribution >= 4 is 5.97 Å². The number of nitrogens with zero attached hydrogens (tertiary/aromatic N) is 1. The molecule has 0 radical (unpaired) electrons. The minimum atomic E-state index is -0.690. The van der Waals surface area contributed by atoms with Gasteiger partial charge in [0.15, 0.2) is 11.5 Å². The number of rotatable bonds is 6. The number of carbonyl (C=O) groups is 1. The van der Waals surface area contributed by atoms with Gasteiger partial charge in [0.25, 0.3) is 0 Å². The van der Waals surface area contributed by atoms with Gasteiger partial charge < -0.3 is 19.3 Å². The summed E-state index contributed by atoms with van der Waals surface area (Å²) in [5.74, 6) is 1.44. The number of methoxy groups -OCH3 is 1. The number of aliphatic carboxylic acids is 1. The maximum absolute atomic E-state index is 11.5. The topological polar surface area (TPSA) is 68.2 Å². The highest BCUT2D eigenvalue weighted by atomic mass is 16.6. The fourth-order valence-corrected chi connectivity index (χ4v) is 3.70. The highest BCUT2D eigenvalue weighted by molar-refractivity contribution is 5.71. The number of benzene rings is 1. The molecule has 1 aromatic rings. The van der Waals surface area contributed by atoms with E-state index in [0.717, 1.165) is 36.4 Å². The van der Waals surface area contributed by atoms with Gasteiger partial charge in [-0.05, 0) is 18.4 Å². The van der Waals surface area contributed by atoms with Gasteiger partial charge >= 0.3 is 5.97 Å². The predicted molar refractivity (Wildman–Crippen MR) is 88.8 cm³/mol. The quantitative estimate of drug-likeness (QED) is 0.861. The van der Waals surface area contributed by atoms with Crippen LogP contribution in [0.1, 0.15) is 25.3 Å². The van der Waals surface area contributed by atoms with Crippen LogP contribution in [-0.4, -0.2) is 49.4 Å². The number of likely N-dealkylation sites (tertiary alicyclic amines) is 1. The molecule has 0 bridgehead atoms. The van der Waals surface area contributed by atoms with E-state index in [1.54, 1.807) is 7.11 Å². The Balaban J connectivity index is 1.77. The van der Waals surface area contributed by atoms with Gasteiger partial charge in [0, 0.05) is 31.3 Å². The van der Waals surface area contributed by atoms with E-state index in [2.05, 4.69) is 11.8 Å². The van der Waals surface area contributed by atoms with Crippen LogP contribution in [-0.2, 0) is 11.3 Å². The zero-order chi connectivity index (χ0) is 17.1. The number of hydrogen-bond donors (Lipinski definition) is 1. The van der Waals surface area contributed by atoms with Gasteiger partial charge in [0.2, 0.25) is 0 Å². The van der Waals surface area contributed by atoms with Crippen molar-refractivity contribution in [2.45, 2.75) is 26.3 Å². The van der Waals surface area contributed by atoms with Gasteiger partial charge in [-0.3, -0.25) is 9.69 Å². The van der Waals surface area contributed by atoms with E-state index >= 15 is 0 Å². The van der Waals surface area contributed by atoms with E-state index in [4.69, 9.17) is 14.2 Å². The van der Waals surface area contributed by atoms with E-state index < -0.39 is 5.97 Å². The second-order valence-electron chi connectivity index (χ2n) is 6.50. The summed E-state index contributed by atoms with van der Waals surface area (Å²) in [5, 5.41) is 9.47. The highest BCUT2D eigenvalue weighted by Gasteiger charge is 2.37. The molecule has 0 spiro atoms. The second kappa shape index (κ2) is 7.30. The number of ether oxygens (including phenoxy) is 3. The molecule has 2 aliphatic rings. The van der Waals surface area contributed by atoms with Crippen LogP contribution in [0.15, 0.2) is 12.1 Å². The molecule has 0 aliphatic carbocycles. The Kier molecular flexibility index (Phi) is 5.14. The molecule has 1 saturated heterocycles. The van der Waals surface area contributed by atoms with E-state index in [1.807, 2.05) is 12.1 Å². The molecule has 6 nitrogen and oxygen atoms in total. The molecule has 3 rings (SSSR count). The molecule has 1 aromatic carbocycles. The molecule has 0 saturated carbocycles. The summed E-state index contributed by atoms with van der Waals surface area (Å²) in [6.45, 7) is 5.23. The lowest BCUT2D eigenvalue weighted by molar-refractivity contribution is -0.142. The first kappa shape index (κ1) is 16.9. The summed E-state index contributed by atoms with van der Waals surface area (Å²) in [5.41, 5.74) is 1.00. The molecule has 24 heavy (non-hydrogen) atoms. The van der Waals surface area contributed by atoms with Crippen molar-refractivity contribution in [3.05, 3.63) is 17.7 Å². The standard InChI is InChI=1S/C18H25NO5/c1-3-4-12-9-19(11-14(12)18(20)21)10-13-7-16-17(8-15(13)22-2)24-6-5-23-16/h7-8,12,14H,3-6,9-11H2,1-2H3,(H,20,21)/t12-,14-/m1/s1. The van der Waals surface area contributed by atoms with Gasteiger partial charge in [0.05, 0.1) is 13.0 Å². The smallest absolute Gasteiger partial charge is 0.308 e. The van der Waals surface area contributed by atoms with Crippen LogP contribution >= 0.6 is 0 Å². The SMILES string of the molecule is CCC[C@@H]1CN(Cc2cc3c(cc2OC)OCCO3)C[C@H]1C(=O)O. The Morgan fingerprint density at radius 3 is 2.62 bits per heavy atom. The van der Waals surface area contributed by atoms with Crippen molar-refractivity contribution in [1.29, 1.82) is 0 Å². The first-order valence-corrected chi connectivity index (χ1v) is 8.54. The summed E-state index contributed by atoms with van der Waals surface area (Å²) in [4.78, 5) is 13.7. The second-order valence-corrected chi connectivity index (χ2v) is 6.50. The molecule has 6 heteroatoms. The molecule has 2 heterocycles. The van der Waals surface area contributed by atoms with Crippen LogP contribution in [0.2, 0.25) is 0 Å². The Morgan fingerprint density at radius 2 is 2.00 bits per heavy atom. The molecule has 0 aromatic heterocycles. The molecule has 1 fully saturated rings.